The third kappa shape index (κ3) is 3.13. The van der Waals surface area contributed by atoms with Crippen LogP contribution in [0.25, 0.3) is 0 Å². The van der Waals surface area contributed by atoms with E-state index in [1.54, 1.807) is 13.3 Å². The number of aromatic nitrogens is 1. The second-order valence-electron chi connectivity index (χ2n) is 3.68. The zero-order chi connectivity index (χ0) is 12.8. The van der Waals surface area contributed by atoms with Crippen molar-refractivity contribution in [1.82, 2.24) is 4.98 Å². The topological polar surface area (TPSA) is 43.4 Å². The van der Waals surface area contributed by atoms with Crippen molar-refractivity contribution >= 4 is 5.82 Å². The fourth-order valence-corrected chi connectivity index (χ4v) is 1.53. The van der Waals surface area contributed by atoms with Gasteiger partial charge in [-0.25, -0.2) is 4.98 Å². The van der Waals surface area contributed by atoms with E-state index in [1.807, 2.05) is 43.3 Å². The lowest BCUT2D eigenvalue weighted by molar-refractivity contribution is 0.413. The van der Waals surface area contributed by atoms with E-state index in [4.69, 9.17) is 9.47 Å². The molecular weight excluding hydrogens is 228 g/mol. The van der Waals surface area contributed by atoms with Gasteiger partial charge in [0.1, 0.15) is 23.1 Å². The summed E-state index contributed by atoms with van der Waals surface area (Å²) in [5.41, 5.74) is 0. The lowest BCUT2D eigenvalue weighted by Gasteiger charge is -2.08. The van der Waals surface area contributed by atoms with Crippen molar-refractivity contribution in [2.45, 2.75) is 6.92 Å². The number of nitrogens with zero attached hydrogens (tertiary/aromatic N) is 1. The summed E-state index contributed by atoms with van der Waals surface area (Å²) in [5.74, 6) is 3.14. The molecule has 4 heteroatoms. The Hall–Kier alpha value is -2.23. The average Bonchev–Trinajstić information content (AvgIpc) is 2.40. The Labute approximate surface area is 107 Å². The fourth-order valence-electron chi connectivity index (χ4n) is 1.53. The first-order valence-corrected chi connectivity index (χ1v) is 5.83. The van der Waals surface area contributed by atoms with Gasteiger partial charge in [0.05, 0.1) is 7.11 Å². The number of rotatable bonds is 5. The van der Waals surface area contributed by atoms with Crippen LogP contribution in [-0.4, -0.2) is 18.6 Å². The minimum atomic E-state index is 0.756. The van der Waals surface area contributed by atoms with Crippen LogP contribution in [0.15, 0.2) is 42.6 Å². The van der Waals surface area contributed by atoms with Gasteiger partial charge in [0, 0.05) is 18.8 Å². The highest BCUT2D eigenvalue weighted by atomic mass is 16.5. The number of nitrogens with one attached hydrogen (secondary N) is 1. The second kappa shape index (κ2) is 5.91. The molecule has 0 aliphatic rings. The first-order valence-electron chi connectivity index (χ1n) is 5.83. The molecule has 2 aromatic rings. The average molecular weight is 244 g/mol. The summed E-state index contributed by atoms with van der Waals surface area (Å²) in [7, 11) is 1.64. The van der Waals surface area contributed by atoms with E-state index >= 15 is 0 Å². The summed E-state index contributed by atoms with van der Waals surface area (Å²) < 4.78 is 10.8. The molecule has 0 atom stereocenters. The minimum absolute atomic E-state index is 0.756. The Bertz CT molecular complexity index is 497. The monoisotopic (exact) mass is 244 g/mol. The van der Waals surface area contributed by atoms with Gasteiger partial charge in [0.2, 0.25) is 0 Å². The van der Waals surface area contributed by atoms with Crippen LogP contribution in [0.3, 0.4) is 0 Å². The van der Waals surface area contributed by atoms with E-state index in [1.165, 1.54) is 0 Å². The molecule has 0 radical (unpaired) electrons. The maximum absolute atomic E-state index is 5.73. The highest BCUT2D eigenvalue weighted by molar-refractivity contribution is 5.42. The van der Waals surface area contributed by atoms with Crippen molar-refractivity contribution < 1.29 is 9.47 Å². The van der Waals surface area contributed by atoms with Gasteiger partial charge in [0.25, 0.3) is 0 Å². The van der Waals surface area contributed by atoms with Crippen molar-refractivity contribution in [3.05, 3.63) is 42.6 Å². The van der Waals surface area contributed by atoms with Gasteiger partial charge in [0.15, 0.2) is 0 Å². The predicted octanol–water partition coefficient (Wildman–Crippen LogP) is 3.31. The van der Waals surface area contributed by atoms with Crippen molar-refractivity contribution in [2.75, 3.05) is 19.0 Å². The van der Waals surface area contributed by atoms with Crippen molar-refractivity contribution in [1.29, 1.82) is 0 Å². The highest BCUT2D eigenvalue weighted by Gasteiger charge is 2.00. The zero-order valence-corrected chi connectivity index (χ0v) is 10.5. The first-order chi connectivity index (χ1) is 8.81. The van der Waals surface area contributed by atoms with E-state index in [2.05, 4.69) is 10.3 Å². The Balaban J connectivity index is 2.09. The number of hydrogen-bond acceptors (Lipinski definition) is 4. The third-order valence-corrected chi connectivity index (χ3v) is 2.38. The summed E-state index contributed by atoms with van der Waals surface area (Å²) in [6.07, 6.45) is 1.72. The highest BCUT2D eigenvalue weighted by Crippen LogP contribution is 2.24. The number of benzene rings is 1. The van der Waals surface area contributed by atoms with E-state index in [-0.39, 0.29) is 0 Å². The van der Waals surface area contributed by atoms with Gasteiger partial charge in [-0.15, -0.1) is 0 Å². The largest absolute Gasteiger partial charge is 0.497 e. The number of ether oxygens (including phenoxy) is 2. The van der Waals surface area contributed by atoms with E-state index in [0.29, 0.717) is 0 Å². The lowest BCUT2D eigenvalue weighted by atomic mass is 10.3. The molecule has 1 aromatic carbocycles. The molecule has 1 heterocycles. The van der Waals surface area contributed by atoms with Crippen LogP contribution in [0.2, 0.25) is 0 Å². The number of anilines is 1. The molecule has 0 bridgehead atoms. The van der Waals surface area contributed by atoms with Gasteiger partial charge in [-0.3, -0.25) is 0 Å². The van der Waals surface area contributed by atoms with E-state index < -0.39 is 0 Å². The van der Waals surface area contributed by atoms with Crippen LogP contribution in [0.5, 0.6) is 17.2 Å². The fraction of sp³-hybridized carbons (Fsp3) is 0.214. The number of methoxy groups -OCH3 is 1. The lowest BCUT2D eigenvalue weighted by Crippen LogP contribution is -1.98. The third-order valence-electron chi connectivity index (χ3n) is 2.38. The van der Waals surface area contributed by atoms with E-state index in [0.717, 1.165) is 29.6 Å². The molecule has 1 N–H and O–H groups in total. The zero-order valence-electron chi connectivity index (χ0n) is 10.5. The molecule has 0 saturated heterocycles. The Morgan fingerprint density at radius 2 is 1.78 bits per heavy atom. The summed E-state index contributed by atoms with van der Waals surface area (Å²) >= 11 is 0. The number of hydrogen-bond donors (Lipinski definition) is 1. The molecule has 18 heavy (non-hydrogen) atoms. The molecule has 0 aliphatic carbocycles. The second-order valence-corrected chi connectivity index (χ2v) is 3.68. The quantitative estimate of drug-likeness (QED) is 0.876. The Kier molecular flexibility index (Phi) is 4.02. The van der Waals surface area contributed by atoms with Gasteiger partial charge in [-0.2, -0.15) is 0 Å². The molecule has 0 amide bonds. The van der Waals surface area contributed by atoms with Crippen LogP contribution in [-0.2, 0) is 0 Å². The SMILES string of the molecule is CCNc1cc(Oc2ccc(OC)cc2)ccn1. The molecule has 0 spiro atoms. The van der Waals surface area contributed by atoms with Crippen LogP contribution < -0.4 is 14.8 Å². The van der Waals surface area contributed by atoms with Gasteiger partial charge in [-0.1, -0.05) is 0 Å². The molecule has 1 aromatic heterocycles. The van der Waals surface area contributed by atoms with Crippen molar-refractivity contribution in [3.8, 4) is 17.2 Å². The van der Waals surface area contributed by atoms with Crippen LogP contribution >= 0.6 is 0 Å². The van der Waals surface area contributed by atoms with Gasteiger partial charge in [-0.05, 0) is 37.3 Å². The Morgan fingerprint density at radius 3 is 2.44 bits per heavy atom. The molecule has 94 valence electrons. The minimum Gasteiger partial charge on any atom is -0.497 e. The normalized spacial score (nSPS) is 9.89. The first kappa shape index (κ1) is 12.2. The molecule has 2 rings (SSSR count). The predicted molar refractivity (Wildman–Crippen MR) is 71.5 cm³/mol. The molecule has 0 unspecified atom stereocenters. The summed E-state index contributed by atoms with van der Waals surface area (Å²) in [5, 5.41) is 3.14. The van der Waals surface area contributed by atoms with Gasteiger partial charge < -0.3 is 14.8 Å². The molecular formula is C14H16N2O2. The smallest absolute Gasteiger partial charge is 0.132 e. The molecule has 0 fully saturated rings. The Morgan fingerprint density at radius 1 is 1.06 bits per heavy atom. The standard InChI is InChI=1S/C14H16N2O2/c1-3-15-14-10-13(8-9-16-14)18-12-6-4-11(17-2)5-7-12/h4-10H,3H2,1-2H3,(H,15,16). The maximum Gasteiger partial charge on any atom is 0.132 e. The number of pyridine rings is 1. The van der Waals surface area contributed by atoms with Crippen molar-refractivity contribution in [3.63, 3.8) is 0 Å². The van der Waals surface area contributed by atoms with Crippen LogP contribution in [0.4, 0.5) is 5.82 Å². The molecule has 0 aliphatic heterocycles. The summed E-state index contributed by atoms with van der Waals surface area (Å²) in [4.78, 5) is 4.19. The van der Waals surface area contributed by atoms with E-state index in [9.17, 15) is 0 Å². The van der Waals surface area contributed by atoms with Crippen LogP contribution in [0.1, 0.15) is 6.92 Å². The molecule has 4 nitrogen and oxygen atoms in total. The summed E-state index contributed by atoms with van der Waals surface area (Å²) in [6.45, 7) is 2.86. The summed E-state index contributed by atoms with van der Waals surface area (Å²) in [6, 6.07) is 11.2. The molecule has 0 saturated carbocycles. The van der Waals surface area contributed by atoms with Crippen LogP contribution in [0, 0.1) is 0 Å². The van der Waals surface area contributed by atoms with Gasteiger partial charge >= 0.3 is 0 Å². The maximum atomic E-state index is 5.73. The van der Waals surface area contributed by atoms with Crippen molar-refractivity contribution in [2.24, 2.45) is 0 Å².